The Morgan fingerprint density at radius 3 is 3.10 bits per heavy atom. The first kappa shape index (κ1) is 13.8. The lowest BCUT2D eigenvalue weighted by molar-refractivity contribution is -0.117. The Kier molecular flexibility index (Phi) is 4.16. The molecule has 20 heavy (non-hydrogen) atoms. The second-order valence-corrected chi connectivity index (χ2v) is 4.49. The summed E-state index contributed by atoms with van der Waals surface area (Å²) in [4.78, 5) is 16.1. The van der Waals surface area contributed by atoms with Crippen molar-refractivity contribution in [2.75, 3.05) is 6.54 Å². The number of hydrogen-bond acceptors (Lipinski definition) is 3. The molecule has 2 rings (SSSR count). The summed E-state index contributed by atoms with van der Waals surface area (Å²) in [7, 11) is 0. The molecule has 0 aliphatic heterocycles. The molecule has 5 nitrogen and oxygen atoms in total. The predicted octanol–water partition coefficient (Wildman–Crippen LogP) is 2.08. The highest BCUT2D eigenvalue weighted by atomic mass is 16.1. The zero-order valence-corrected chi connectivity index (χ0v) is 11.6. The molecule has 0 saturated heterocycles. The van der Waals surface area contributed by atoms with E-state index in [1.54, 1.807) is 12.3 Å². The van der Waals surface area contributed by atoms with E-state index in [2.05, 4.69) is 10.3 Å². The summed E-state index contributed by atoms with van der Waals surface area (Å²) in [6, 6.07) is 5.81. The summed E-state index contributed by atoms with van der Waals surface area (Å²) in [6.45, 7) is 4.49. The van der Waals surface area contributed by atoms with Gasteiger partial charge in [-0.1, -0.05) is 13.0 Å². The number of pyridine rings is 1. The quantitative estimate of drug-likeness (QED) is 0.681. The van der Waals surface area contributed by atoms with E-state index in [0.717, 1.165) is 17.6 Å². The van der Waals surface area contributed by atoms with Gasteiger partial charge in [-0.3, -0.25) is 4.79 Å². The fourth-order valence-corrected chi connectivity index (χ4v) is 1.91. The van der Waals surface area contributed by atoms with Crippen molar-refractivity contribution in [1.82, 2.24) is 14.7 Å². The molecular weight excluding hydrogens is 252 g/mol. The van der Waals surface area contributed by atoms with Crippen LogP contribution in [0.5, 0.6) is 0 Å². The molecular formula is C15H16N4O. The van der Waals surface area contributed by atoms with Crippen molar-refractivity contribution in [3.05, 3.63) is 41.4 Å². The van der Waals surface area contributed by atoms with Crippen LogP contribution in [-0.2, 0) is 4.79 Å². The number of carbonyl (C=O) groups is 1. The summed E-state index contributed by atoms with van der Waals surface area (Å²) >= 11 is 0. The van der Waals surface area contributed by atoms with Gasteiger partial charge in [0.05, 0.1) is 11.9 Å². The molecule has 2 heterocycles. The maximum Gasteiger partial charge on any atom is 0.262 e. The maximum absolute atomic E-state index is 11.8. The van der Waals surface area contributed by atoms with E-state index >= 15 is 0 Å². The summed E-state index contributed by atoms with van der Waals surface area (Å²) < 4.78 is 1.86. The summed E-state index contributed by atoms with van der Waals surface area (Å²) in [6.07, 6.45) is 5.91. The first-order valence-corrected chi connectivity index (χ1v) is 6.50. The first-order valence-electron chi connectivity index (χ1n) is 6.50. The van der Waals surface area contributed by atoms with Crippen molar-refractivity contribution >= 4 is 17.6 Å². The molecule has 0 unspecified atom stereocenters. The molecule has 1 N–H and O–H groups in total. The van der Waals surface area contributed by atoms with Crippen molar-refractivity contribution in [2.45, 2.75) is 20.3 Å². The van der Waals surface area contributed by atoms with Gasteiger partial charge in [-0.15, -0.1) is 0 Å². The van der Waals surface area contributed by atoms with Crippen molar-refractivity contribution in [3.8, 4) is 6.07 Å². The van der Waals surface area contributed by atoms with Crippen LogP contribution in [0.25, 0.3) is 11.7 Å². The fraction of sp³-hybridized carbons (Fsp3) is 0.267. The summed E-state index contributed by atoms with van der Waals surface area (Å²) in [5.74, 6) is -0.350. The van der Waals surface area contributed by atoms with Gasteiger partial charge in [-0.2, -0.15) is 5.26 Å². The van der Waals surface area contributed by atoms with Crippen LogP contribution in [-0.4, -0.2) is 21.8 Å². The lowest BCUT2D eigenvalue weighted by Gasteiger charge is -2.02. The average molecular weight is 268 g/mol. The minimum atomic E-state index is -0.350. The van der Waals surface area contributed by atoms with Crippen LogP contribution in [0.2, 0.25) is 0 Å². The lowest BCUT2D eigenvalue weighted by atomic mass is 10.2. The Labute approximate surface area is 117 Å². The van der Waals surface area contributed by atoms with Crippen molar-refractivity contribution in [3.63, 3.8) is 0 Å². The molecule has 0 aromatic carbocycles. The Hall–Kier alpha value is -2.61. The molecule has 0 aliphatic rings. The van der Waals surface area contributed by atoms with E-state index in [-0.39, 0.29) is 11.5 Å². The van der Waals surface area contributed by atoms with Gasteiger partial charge in [0, 0.05) is 12.7 Å². The minimum absolute atomic E-state index is 0.0850. The normalized spacial score (nSPS) is 11.3. The maximum atomic E-state index is 11.8. The predicted molar refractivity (Wildman–Crippen MR) is 76.8 cm³/mol. The SMILES string of the molecule is CCCNC(=O)/C(C#N)=C/c1cnc2c(C)cccn12. The number of rotatable bonds is 4. The Morgan fingerprint density at radius 1 is 1.60 bits per heavy atom. The highest BCUT2D eigenvalue weighted by Gasteiger charge is 2.10. The number of carbonyl (C=O) groups excluding carboxylic acids is 1. The van der Waals surface area contributed by atoms with Gasteiger partial charge in [0.1, 0.15) is 17.3 Å². The van der Waals surface area contributed by atoms with E-state index < -0.39 is 0 Å². The number of imidazole rings is 1. The van der Waals surface area contributed by atoms with Crippen LogP contribution < -0.4 is 5.32 Å². The van der Waals surface area contributed by atoms with Crippen LogP contribution in [0.15, 0.2) is 30.1 Å². The largest absolute Gasteiger partial charge is 0.351 e. The standard InChI is InChI=1S/C15H16N4O/c1-3-6-17-15(20)12(9-16)8-13-10-18-14-11(2)5-4-7-19(13)14/h4-5,7-8,10H,3,6H2,1-2H3,(H,17,20)/b12-8+. The van der Waals surface area contributed by atoms with Crippen LogP contribution in [0.4, 0.5) is 0 Å². The zero-order chi connectivity index (χ0) is 14.5. The van der Waals surface area contributed by atoms with E-state index in [0.29, 0.717) is 12.2 Å². The molecule has 0 atom stereocenters. The monoisotopic (exact) mass is 268 g/mol. The van der Waals surface area contributed by atoms with Crippen molar-refractivity contribution in [2.24, 2.45) is 0 Å². The topological polar surface area (TPSA) is 70.2 Å². The number of hydrogen-bond donors (Lipinski definition) is 1. The highest BCUT2D eigenvalue weighted by molar-refractivity contribution is 6.01. The number of amides is 1. The van der Waals surface area contributed by atoms with E-state index in [1.807, 2.05) is 42.6 Å². The Bertz CT molecular complexity index is 706. The first-order chi connectivity index (χ1) is 9.67. The van der Waals surface area contributed by atoms with Crippen molar-refractivity contribution < 1.29 is 4.79 Å². The zero-order valence-electron chi connectivity index (χ0n) is 11.6. The molecule has 0 aliphatic carbocycles. The molecule has 0 radical (unpaired) electrons. The van der Waals surface area contributed by atoms with Gasteiger partial charge in [0.25, 0.3) is 5.91 Å². The fourth-order valence-electron chi connectivity index (χ4n) is 1.91. The lowest BCUT2D eigenvalue weighted by Crippen LogP contribution is -2.25. The van der Waals surface area contributed by atoms with Crippen LogP contribution >= 0.6 is 0 Å². The minimum Gasteiger partial charge on any atom is -0.351 e. The molecule has 0 saturated carbocycles. The van der Waals surface area contributed by atoms with Gasteiger partial charge in [0.2, 0.25) is 0 Å². The molecule has 2 aromatic rings. The van der Waals surface area contributed by atoms with E-state index in [9.17, 15) is 4.79 Å². The highest BCUT2D eigenvalue weighted by Crippen LogP contribution is 2.13. The van der Waals surface area contributed by atoms with Gasteiger partial charge in [-0.05, 0) is 31.1 Å². The average Bonchev–Trinajstić information content (AvgIpc) is 2.86. The van der Waals surface area contributed by atoms with Crippen LogP contribution in [0, 0.1) is 18.3 Å². The molecule has 0 bridgehead atoms. The Morgan fingerprint density at radius 2 is 2.40 bits per heavy atom. The number of aromatic nitrogens is 2. The van der Waals surface area contributed by atoms with Crippen LogP contribution in [0.3, 0.4) is 0 Å². The summed E-state index contributed by atoms with van der Waals surface area (Å²) in [5, 5.41) is 11.8. The second kappa shape index (κ2) is 6.02. The smallest absolute Gasteiger partial charge is 0.262 e. The van der Waals surface area contributed by atoms with Gasteiger partial charge >= 0.3 is 0 Å². The number of nitriles is 1. The Balaban J connectivity index is 2.38. The number of nitrogens with one attached hydrogen (secondary N) is 1. The third-order valence-corrected chi connectivity index (χ3v) is 2.95. The third kappa shape index (κ3) is 2.69. The number of nitrogens with zero attached hydrogens (tertiary/aromatic N) is 3. The number of aryl methyl sites for hydroxylation is 1. The van der Waals surface area contributed by atoms with E-state index in [1.165, 1.54) is 0 Å². The van der Waals surface area contributed by atoms with Gasteiger partial charge < -0.3 is 9.72 Å². The molecule has 1 amide bonds. The molecule has 2 aromatic heterocycles. The third-order valence-electron chi connectivity index (χ3n) is 2.95. The summed E-state index contributed by atoms with van der Waals surface area (Å²) in [5.41, 5.74) is 2.67. The molecule has 102 valence electrons. The van der Waals surface area contributed by atoms with E-state index in [4.69, 9.17) is 5.26 Å². The van der Waals surface area contributed by atoms with Gasteiger partial charge in [0.15, 0.2) is 0 Å². The van der Waals surface area contributed by atoms with Crippen molar-refractivity contribution in [1.29, 1.82) is 5.26 Å². The van der Waals surface area contributed by atoms with Gasteiger partial charge in [-0.25, -0.2) is 4.98 Å². The number of fused-ring (bicyclic) bond motifs is 1. The molecule has 5 heteroatoms. The van der Waals surface area contributed by atoms with Crippen LogP contribution in [0.1, 0.15) is 24.6 Å². The molecule has 0 fully saturated rings. The molecule has 0 spiro atoms. The second-order valence-electron chi connectivity index (χ2n) is 4.49.